The fourth-order valence-corrected chi connectivity index (χ4v) is 3.83. The van der Waals surface area contributed by atoms with Crippen LogP contribution in [0.1, 0.15) is 39.1 Å². The van der Waals surface area contributed by atoms with Crippen LogP contribution in [0.25, 0.3) is 0 Å². The van der Waals surface area contributed by atoms with Gasteiger partial charge in [0.05, 0.1) is 5.54 Å². The predicted octanol–water partition coefficient (Wildman–Crippen LogP) is 2.79. The van der Waals surface area contributed by atoms with E-state index in [-0.39, 0.29) is 23.2 Å². The molecule has 1 unspecified atom stereocenters. The average molecular weight is 338 g/mol. The first-order valence-corrected chi connectivity index (χ1v) is 8.52. The number of hydrogen-bond acceptors (Lipinski definition) is 2. The van der Waals surface area contributed by atoms with E-state index in [1.807, 2.05) is 24.3 Å². The summed E-state index contributed by atoms with van der Waals surface area (Å²) in [4.78, 5) is 27.0. The largest absolute Gasteiger partial charge is 0.345 e. The quantitative estimate of drug-likeness (QED) is 0.869. The molecule has 0 bridgehead atoms. The van der Waals surface area contributed by atoms with Crippen LogP contribution < -0.4 is 5.32 Å². The van der Waals surface area contributed by atoms with Gasteiger partial charge in [-0.3, -0.25) is 9.59 Å². The van der Waals surface area contributed by atoms with Crippen LogP contribution in [-0.2, 0) is 6.42 Å². The highest BCUT2D eigenvalue weighted by atomic mass is 19.1. The molecule has 1 spiro atoms. The van der Waals surface area contributed by atoms with Gasteiger partial charge in [-0.2, -0.15) is 0 Å². The number of carbonyl (C=O) groups excluding carboxylic acids is 2. The van der Waals surface area contributed by atoms with Gasteiger partial charge < -0.3 is 10.2 Å². The topological polar surface area (TPSA) is 49.4 Å². The third kappa shape index (κ3) is 2.90. The molecule has 2 heterocycles. The number of halogens is 1. The summed E-state index contributed by atoms with van der Waals surface area (Å²) in [6, 6.07) is 13.3. The Balaban J connectivity index is 1.53. The number of nitrogens with one attached hydrogen (secondary N) is 1. The lowest BCUT2D eigenvalue weighted by atomic mass is 9.91. The molecule has 128 valence electrons. The number of benzene rings is 2. The lowest BCUT2D eigenvalue weighted by molar-refractivity contribution is 0.0764. The molecule has 25 heavy (non-hydrogen) atoms. The summed E-state index contributed by atoms with van der Waals surface area (Å²) in [5.74, 6) is -0.541. The van der Waals surface area contributed by atoms with E-state index in [1.54, 1.807) is 4.90 Å². The van der Waals surface area contributed by atoms with E-state index in [1.165, 1.54) is 24.3 Å². The predicted molar refractivity (Wildman–Crippen MR) is 91.9 cm³/mol. The maximum absolute atomic E-state index is 13.1. The number of amides is 2. The molecular formula is C20H19FN2O2. The van der Waals surface area contributed by atoms with Gasteiger partial charge in [-0.05, 0) is 55.2 Å². The Hall–Kier alpha value is -2.69. The van der Waals surface area contributed by atoms with Gasteiger partial charge in [0.2, 0.25) is 0 Å². The van der Waals surface area contributed by atoms with Crippen molar-refractivity contribution in [1.82, 2.24) is 10.2 Å². The van der Waals surface area contributed by atoms with Gasteiger partial charge >= 0.3 is 0 Å². The normalized spacial score (nSPS) is 22.4. The third-order valence-electron chi connectivity index (χ3n) is 5.25. The van der Waals surface area contributed by atoms with Gasteiger partial charge in [-0.25, -0.2) is 4.39 Å². The van der Waals surface area contributed by atoms with Crippen molar-refractivity contribution in [2.75, 3.05) is 13.1 Å². The standard InChI is InChI=1S/C20H19FN2O2/c21-16-7-5-15(6-8-16)19(25)23-12-11-20(13-23)10-9-14-3-1-2-4-17(14)18(24)22-20/h1-8H,9-13H2,(H,22,24). The summed E-state index contributed by atoms with van der Waals surface area (Å²) >= 11 is 0. The molecule has 0 aliphatic carbocycles. The number of likely N-dealkylation sites (tertiary alicyclic amines) is 1. The van der Waals surface area contributed by atoms with Crippen molar-refractivity contribution < 1.29 is 14.0 Å². The molecule has 1 fully saturated rings. The Labute approximate surface area is 145 Å². The van der Waals surface area contributed by atoms with Crippen molar-refractivity contribution in [3.8, 4) is 0 Å². The average Bonchev–Trinajstić information content (AvgIpc) is 2.98. The van der Waals surface area contributed by atoms with Gasteiger partial charge in [0.25, 0.3) is 11.8 Å². The second kappa shape index (κ2) is 5.99. The van der Waals surface area contributed by atoms with Crippen LogP contribution in [0.3, 0.4) is 0 Å². The third-order valence-corrected chi connectivity index (χ3v) is 5.25. The molecular weight excluding hydrogens is 319 g/mol. The van der Waals surface area contributed by atoms with Crippen LogP contribution >= 0.6 is 0 Å². The maximum Gasteiger partial charge on any atom is 0.253 e. The fourth-order valence-electron chi connectivity index (χ4n) is 3.83. The minimum absolute atomic E-state index is 0.0656. The zero-order chi connectivity index (χ0) is 17.4. The molecule has 2 aromatic carbocycles. The van der Waals surface area contributed by atoms with E-state index in [0.717, 1.165) is 30.4 Å². The molecule has 0 saturated carbocycles. The van der Waals surface area contributed by atoms with Crippen LogP contribution in [-0.4, -0.2) is 35.3 Å². The van der Waals surface area contributed by atoms with Gasteiger partial charge in [0.15, 0.2) is 0 Å². The molecule has 2 aliphatic rings. The van der Waals surface area contributed by atoms with Crippen molar-refractivity contribution >= 4 is 11.8 Å². The second-order valence-corrected chi connectivity index (χ2v) is 6.88. The molecule has 4 rings (SSSR count). The van der Waals surface area contributed by atoms with Crippen molar-refractivity contribution in [2.24, 2.45) is 0 Å². The summed E-state index contributed by atoms with van der Waals surface area (Å²) in [5, 5.41) is 3.16. The first-order chi connectivity index (χ1) is 12.1. The fraction of sp³-hybridized carbons (Fsp3) is 0.300. The van der Waals surface area contributed by atoms with E-state index < -0.39 is 0 Å². The zero-order valence-electron chi connectivity index (χ0n) is 13.8. The molecule has 4 nitrogen and oxygen atoms in total. The molecule has 2 aliphatic heterocycles. The number of carbonyl (C=O) groups is 2. The molecule has 5 heteroatoms. The number of fused-ring (bicyclic) bond motifs is 1. The highest BCUT2D eigenvalue weighted by Crippen LogP contribution is 2.31. The molecule has 1 atom stereocenters. The van der Waals surface area contributed by atoms with Crippen LogP contribution in [0.4, 0.5) is 4.39 Å². The highest BCUT2D eigenvalue weighted by Gasteiger charge is 2.42. The number of rotatable bonds is 1. The smallest absolute Gasteiger partial charge is 0.253 e. The summed E-state index contributed by atoms with van der Waals surface area (Å²) in [5.41, 5.74) is 1.87. The van der Waals surface area contributed by atoms with Crippen molar-refractivity contribution in [1.29, 1.82) is 0 Å². The molecule has 2 amide bonds. The SMILES string of the molecule is O=C1NC2(CCc3ccccc31)CCN(C(=O)c1ccc(F)cc1)C2. The zero-order valence-corrected chi connectivity index (χ0v) is 13.8. The Morgan fingerprint density at radius 2 is 1.84 bits per heavy atom. The Morgan fingerprint density at radius 3 is 2.64 bits per heavy atom. The van der Waals surface area contributed by atoms with E-state index in [2.05, 4.69) is 5.32 Å². The van der Waals surface area contributed by atoms with E-state index in [0.29, 0.717) is 18.7 Å². The van der Waals surface area contributed by atoms with Crippen LogP contribution in [0, 0.1) is 5.82 Å². The first-order valence-electron chi connectivity index (χ1n) is 8.52. The molecule has 2 aromatic rings. The first kappa shape index (κ1) is 15.8. The minimum Gasteiger partial charge on any atom is -0.345 e. The number of nitrogens with zero attached hydrogens (tertiary/aromatic N) is 1. The second-order valence-electron chi connectivity index (χ2n) is 6.88. The van der Waals surface area contributed by atoms with Gasteiger partial charge in [-0.1, -0.05) is 18.2 Å². The van der Waals surface area contributed by atoms with E-state index >= 15 is 0 Å². The van der Waals surface area contributed by atoms with Crippen molar-refractivity contribution in [2.45, 2.75) is 24.8 Å². The number of hydrogen-bond donors (Lipinski definition) is 1. The van der Waals surface area contributed by atoms with Crippen molar-refractivity contribution in [3.63, 3.8) is 0 Å². The Bertz CT molecular complexity index is 834. The van der Waals surface area contributed by atoms with Gasteiger partial charge in [0, 0.05) is 24.2 Å². The lowest BCUT2D eigenvalue weighted by Crippen LogP contribution is -2.50. The van der Waals surface area contributed by atoms with Crippen LogP contribution in [0.5, 0.6) is 0 Å². The minimum atomic E-state index is -0.383. The molecule has 0 radical (unpaired) electrons. The summed E-state index contributed by atoms with van der Waals surface area (Å²) < 4.78 is 13.1. The molecule has 1 N–H and O–H groups in total. The van der Waals surface area contributed by atoms with Gasteiger partial charge in [-0.15, -0.1) is 0 Å². The highest BCUT2D eigenvalue weighted by molar-refractivity contribution is 5.97. The lowest BCUT2D eigenvalue weighted by Gasteiger charge is -2.29. The van der Waals surface area contributed by atoms with Crippen LogP contribution in [0.15, 0.2) is 48.5 Å². The van der Waals surface area contributed by atoms with E-state index in [4.69, 9.17) is 0 Å². The van der Waals surface area contributed by atoms with Gasteiger partial charge in [0.1, 0.15) is 5.82 Å². The van der Waals surface area contributed by atoms with Crippen LogP contribution in [0.2, 0.25) is 0 Å². The summed E-state index contributed by atoms with van der Waals surface area (Å²) in [6.07, 6.45) is 2.36. The Morgan fingerprint density at radius 1 is 1.08 bits per heavy atom. The number of aryl methyl sites for hydroxylation is 1. The Kier molecular flexibility index (Phi) is 3.79. The summed E-state index contributed by atoms with van der Waals surface area (Å²) in [7, 11) is 0. The maximum atomic E-state index is 13.1. The van der Waals surface area contributed by atoms with E-state index in [9.17, 15) is 14.0 Å². The van der Waals surface area contributed by atoms with Crippen molar-refractivity contribution in [3.05, 3.63) is 71.0 Å². The molecule has 0 aromatic heterocycles. The molecule has 1 saturated heterocycles. The monoisotopic (exact) mass is 338 g/mol. The summed E-state index contributed by atoms with van der Waals surface area (Å²) in [6.45, 7) is 1.08.